The minimum absolute atomic E-state index is 0.152. The zero-order valence-electron chi connectivity index (χ0n) is 14.2. The normalized spacial score (nSPS) is 11.6. The van der Waals surface area contributed by atoms with Gasteiger partial charge in [-0.2, -0.15) is 0 Å². The van der Waals surface area contributed by atoms with Gasteiger partial charge in [-0.3, -0.25) is 0 Å². The van der Waals surface area contributed by atoms with Gasteiger partial charge < -0.3 is 10.6 Å². The number of rotatable bonds is 5. The van der Waals surface area contributed by atoms with Gasteiger partial charge in [-0.1, -0.05) is 42.5 Å². The van der Waals surface area contributed by atoms with E-state index < -0.39 is 10.0 Å². The Labute approximate surface area is 148 Å². The third-order valence-electron chi connectivity index (χ3n) is 4.14. The van der Waals surface area contributed by atoms with Gasteiger partial charge in [0.25, 0.3) is 0 Å². The van der Waals surface area contributed by atoms with E-state index in [1.165, 1.54) is 0 Å². The highest BCUT2D eigenvalue weighted by molar-refractivity contribution is 7.89. The van der Waals surface area contributed by atoms with Crippen LogP contribution in [0.4, 0.5) is 11.4 Å². The summed E-state index contributed by atoms with van der Waals surface area (Å²) in [6, 6.07) is 18.2. The van der Waals surface area contributed by atoms with Gasteiger partial charge in [0.1, 0.15) is 0 Å². The number of sulfonamides is 1. The van der Waals surface area contributed by atoms with Crippen molar-refractivity contribution in [2.45, 2.75) is 11.4 Å². The zero-order valence-corrected chi connectivity index (χ0v) is 15.0. The zero-order chi connectivity index (χ0) is 18.0. The first-order valence-corrected chi connectivity index (χ1v) is 9.40. The van der Waals surface area contributed by atoms with Gasteiger partial charge in [-0.05, 0) is 23.8 Å². The molecule has 0 spiro atoms. The molecule has 5 nitrogen and oxygen atoms in total. The number of nitrogens with two attached hydrogens (primary N) is 1. The van der Waals surface area contributed by atoms with Crippen molar-refractivity contribution in [3.8, 4) is 0 Å². The van der Waals surface area contributed by atoms with E-state index in [4.69, 9.17) is 5.73 Å². The van der Waals surface area contributed by atoms with Crippen LogP contribution in [0.25, 0.3) is 10.8 Å². The molecule has 0 aliphatic carbocycles. The number of anilines is 2. The van der Waals surface area contributed by atoms with Gasteiger partial charge in [0.2, 0.25) is 10.0 Å². The van der Waals surface area contributed by atoms with E-state index in [2.05, 4.69) is 4.72 Å². The number of benzene rings is 3. The number of nitrogens with one attached hydrogen (secondary N) is 1. The topological polar surface area (TPSA) is 75.4 Å². The van der Waals surface area contributed by atoms with E-state index in [9.17, 15) is 8.42 Å². The Morgan fingerprint density at radius 2 is 1.60 bits per heavy atom. The molecule has 0 saturated carbocycles. The van der Waals surface area contributed by atoms with Crippen molar-refractivity contribution >= 4 is 32.2 Å². The Bertz CT molecular complexity index is 1010. The summed E-state index contributed by atoms with van der Waals surface area (Å²) >= 11 is 0. The number of hydrogen-bond acceptors (Lipinski definition) is 4. The van der Waals surface area contributed by atoms with E-state index in [0.29, 0.717) is 11.1 Å². The smallest absolute Gasteiger partial charge is 0.241 e. The van der Waals surface area contributed by atoms with Crippen LogP contribution >= 0.6 is 0 Å². The maximum atomic E-state index is 12.8. The molecule has 130 valence electrons. The molecule has 25 heavy (non-hydrogen) atoms. The second-order valence-electron chi connectivity index (χ2n) is 6.05. The fourth-order valence-corrected chi connectivity index (χ4v) is 4.06. The average Bonchev–Trinajstić information content (AvgIpc) is 2.60. The predicted molar refractivity (Wildman–Crippen MR) is 103 cm³/mol. The summed E-state index contributed by atoms with van der Waals surface area (Å²) in [5.41, 5.74) is 8.18. The number of hydrogen-bond donors (Lipinski definition) is 2. The third-order valence-corrected chi connectivity index (χ3v) is 5.60. The monoisotopic (exact) mass is 355 g/mol. The molecule has 0 heterocycles. The van der Waals surface area contributed by atoms with Gasteiger partial charge in [0.15, 0.2) is 0 Å². The molecule has 0 aromatic heterocycles. The number of para-hydroxylation sites is 1. The SMILES string of the molecule is CN(C)c1cccc2c(S(=O)(=O)NCc3ccccc3N)cccc12. The summed E-state index contributed by atoms with van der Waals surface area (Å²) < 4.78 is 28.3. The second kappa shape index (κ2) is 6.74. The highest BCUT2D eigenvalue weighted by atomic mass is 32.2. The van der Waals surface area contributed by atoms with Crippen LogP contribution in [-0.2, 0) is 16.6 Å². The van der Waals surface area contributed by atoms with E-state index >= 15 is 0 Å². The Morgan fingerprint density at radius 3 is 2.32 bits per heavy atom. The molecule has 0 saturated heterocycles. The van der Waals surface area contributed by atoms with Crippen molar-refractivity contribution < 1.29 is 8.42 Å². The van der Waals surface area contributed by atoms with Crippen molar-refractivity contribution in [1.29, 1.82) is 0 Å². The van der Waals surface area contributed by atoms with E-state index in [-0.39, 0.29) is 11.4 Å². The molecule has 0 unspecified atom stereocenters. The van der Waals surface area contributed by atoms with Crippen molar-refractivity contribution in [2.75, 3.05) is 24.7 Å². The highest BCUT2D eigenvalue weighted by Crippen LogP contribution is 2.30. The van der Waals surface area contributed by atoms with Gasteiger partial charge in [-0.25, -0.2) is 13.1 Å². The Hall–Kier alpha value is -2.57. The molecular formula is C19H21N3O2S. The lowest BCUT2D eigenvalue weighted by molar-refractivity contribution is 0.582. The van der Waals surface area contributed by atoms with Crippen molar-refractivity contribution in [1.82, 2.24) is 4.72 Å². The second-order valence-corrected chi connectivity index (χ2v) is 7.78. The van der Waals surface area contributed by atoms with E-state index in [1.54, 1.807) is 18.2 Å². The van der Waals surface area contributed by atoms with Crippen molar-refractivity contribution in [3.63, 3.8) is 0 Å². The lowest BCUT2D eigenvalue weighted by Crippen LogP contribution is -2.24. The Balaban J connectivity index is 2.00. The minimum atomic E-state index is -3.67. The average molecular weight is 355 g/mol. The predicted octanol–water partition coefficient (Wildman–Crippen LogP) is 2.97. The summed E-state index contributed by atoms with van der Waals surface area (Å²) in [4.78, 5) is 2.24. The summed E-state index contributed by atoms with van der Waals surface area (Å²) in [5.74, 6) is 0. The number of nitrogens with zero attached hydrogens (tertiary/aromatic N) is 1. The van der Waals surface area contributed by atoms with Gasteiger partial charge in [0, 0.05) is 42.8 Å². The largest absolute Gasteiger partial charge is 0.398 e. The van der Waals surface area contributed by atoms with Crippen LogP contribution in [0.1, 0.15) is 5.56 Å². The van der Waals surface area contributed by atoms with Crippen LogP contribution in [0.5, 0.6) is 0 Å². The van der Waals surface area contributed by atoms with Crippen LogP contribution < -0.4 is 15.4 Å². The molecule has 0 aliphatic rings. The fraction of sp³-hybridized carbons (Fsp3) is 0.158. The molecule has 3 aromatic carbocycles. The molecule has 3 N–H and O–H groups in total. The van der Waals surface area contributed by atoms with Crippen LogP contribution in [0.15, 0.2) is 65.6 Å². The van der Waals surface area contributed by atoms with Crippen LogP contribution in [0.2, 0.25) is 0 Å². The summed E-state index contributed by atoms with van der Waals surface area (Å²) in [6.07, 6.45) is 0. The number of nitrogen functional groups attached to an aromatic ring is 1. The molecule has 0 atom stereocenters. The molecule has 0 aliphatic heterocycles. The lowest BCUT2D eigenvalue weighted by atomic mass is 10.1. The molecule has 0 bridgehead atoms. The fourth-order valence-electron chi connectivity index (χ4n) is 2.83. The molecular weight excluding hydrogens is 334 g/mol. The lowest BCUT2D eigenvalue weighted by Gasteiger charge is -2.17. The first-order valence-electron chi connectivity index (χ1n) is 7.92. The summed E-state index contributed by atoms with van der Waals surface area (Å²) in [6.45, 7) is 0.152. The molecule has 0 radical (unpaired) electrons. The van der Waals surface area contributed by atoms with Gasteiger partial charge >= 0.3 is 0 Å². The molecule has 3 rings (SSSR count). The standard InChI is InChI=1S/C19H21N3O2S/c1-22(2)18-11-5-9-16-15(18)8-6-12-19(16)25(23,24)21-13-14-7-3-4-10-17(14)20/h3-12,21H,13,20H2,1-2H3. The van der Waals surface area contributed by atoms with Crippen molar-refractivity contribution in [3.05, 3.63) is 66.2 Å². The molecule has 6 heteroatoms. The maximum absolute atomic E-state index is 12.8. The van der Waals surface area contributed by atoms with Gasteiger partial charge in [-0.15, -0.1) is 0 Å². The third kappa shape index (κ3) is 3.45. The molecule has 0 amide bonds. The van der Waals surface area contributed by atoms with Crippen LogP contribution in [-0.4, -0.2) is 22.5 Å². The first kappa shape index (κ1) is 17.3. The quantitative estimate of drug-likeness (QED) is 0.690. The van der Waals surface area contributed by atoms with Crippen LogP contribution in [0, 0.1) is 0 Å². The molecule has 3 aromatic rings. The number of fused-ring (bicyclic) bond motifs is 1. The molecule has 0 fully saturated rings. The van der Waals surface area contributed by atoms with Gasteiger partial charge in [0.05, 0.1) is 4.90 Å². The highest BCUT2D eigenvalue weighted by Gasteiger charge is 2.18. The first-order chi connectivity index (χ1) is 11.9. The van der Waals surface area contributed by atoms with E-state index in [1.807, 2.05) is 61.5 Å². The van der Waals surface area contributed by atoms with Crippen LogP contribution in [0.3, 0.4) is 0 Å². The Kier molecular flexibility index (Phi) is 4.65. The summed E-state index contributed by atoms with van der Waals surface area (Å²) in [5, 5.41) is 1.59. The Morgan fingerprint density at radius 1 is 0.920 bits per heavy atom. The van der Waals surface area contributed by atoms with Crippen molar-refractivity contribution in [2.24, 2.45) is 0 Å². The summed E-state index contributed by atoms with van der Waals surface area (Å²) in [7, 11) is 0.205. The minimum Gasteiger partial charge on any atom is -0.398 e. The maximum Gasteiger partial charge on any atom is 0.241 e. The van der Waals surface area contributed by atoms with E-state index in [0.717, 1.165) is 16.6 Å².